The Hall–Kier alpha value is -7.27. The predicted octanol–water partition coefficient (Wildman–Crippen LogP) is 14.5. The Kier molecular flexibility index (Phi) is 8.01. The molecule has 0 saturated heterocycles. The minimum Gasteiger partial charge on any atom is -0.208 e. The van der Waals surface area contributed by atoms with Gasteiger partial charge in [-0.25, -0.2) is 15.0 Å². The second kappa shape index (κ2) is 13.8. The van der Waals surface area contributed by atoms with E-state index in [0.717, 1.165) is 22.3 Å². The summed E-state index contributed by atoms with van der Waals surface area (Å²) in [5, 5.41) is 7.32. The van der Waals surface area contributed by atoms with Crippen molar-refractivity contribution in [1.29, 1.82) is 0 Å². The van der Waals surface area contributed by atoms with Gasteiger partial charge in [0.1, 0.15) is 0 Å². The predicted molar refractivity (Wildman–Crippen MR) is 240 cm³/mol. The zero-order valence-electron chi connectivity index (χ0n) is 30.8. The van der Waals surface area contributed by atoms with Gasteiger partial charge in [-0.1, -0.05) is 170 Å². The van der Waals surface area contributed by atoms with Crippen LogP contribution in [0.2, 0.25) is 0 Å². The summed E-state index contributed by atoms with van der Waals surface area (Å²) < 4.78 is 2.43. The van der Waals surface area contributed by atoms with Gasteiger partial charge in [-0.2, -0.15) is 0 Å². The van der Waals surface area contributed by atoms with E-state index in [1.165, 1.54) is 69.5 Å². The Morgan fingerprint density at radius 2 is 0.825 bits per heavy atom. The van der Waals surface area contributed by atoms with Crippen LogP contribution >= 0.6 is 11.3 Å². The molecule has 11 aromatic rings. The van der Waals surface area contributed by atoms with Crippen LogP contribution in [-0.4, -0.2) is 15.0 Å². The molecule has 0 spiro atoms. The second-order valence-corrected chi connectivity index (χ2v) is 15.4. The lowest BCUT2D eigenvalue weighted by Gasteiger charge is -2.15. The first-order valence-corrected chi connectivity index (χ1v) is 20.0. The molecule has 0 aliphatic rings. The van der Waals surface area contributed by atoms with E-state index in [0.29, 0.717) is 17.5 Å². The third kappa shape index (κ3) is 5.86. The molecule has 3 nitrogen and oxygen atoms in total. The molecule has 0 saturated carbocycles. The number of aromatic nitrogens is 3. The summed E-state index contributed by atoms with van der Waals surface area (Å²) in [4.78, 5) is 15.4. The fraction of sp³-hybridized carbons (Fsp3) is 0. The summed E-state index contributed by atoms with van der Waals surface area (Å²) in [6.07, 6.45) is 0. The molecule has 9 aromatic carbocycles. The zero-order valence-corrected chi connectivity index (χ0v) is 31.6. The monoisotopic (exact) mass is 743 g/mol. The number of fused-ring (bicyclic) bond motifs is 6. The van der Waals surface area contributed by atoms with Crippen LogP contribution in [0.5, 0.6) is 0 Å². The number of thiophene rings is 1. The molecule has 0 N–H and O–H groups in total. The summed E-state index contributed by atoms with van der Waals surface area (Å²) in [6.45, 7) is 0. The maximum Gasteiger partial charge on any atom is 0.165 e. The second-order valence-electron chi connectivity index (χ2n) is 14.4. The fourth-order valence-electron chi connectivity index (χ4n) is 8.20. The topological polar surface area (TPSA) is 38.7 Å². The van der Waals surface area contributed by atoms with Crippen molar-refractivity contribution in [3.63, 3.8) is 0 Å². The van der Waals surface area contributed by atoms with E-state index in [9.17, 15) is 0 Å². The van der Waals surface area contributed by atoms with Crippen LogP contribution in [0.15, 0.2) is 200 Å². The minimum atomic E-state index is 0.644. The van der Waals surface area contributed by atoms with Gasteiger partial charge in [0, 0.05) is 36.9 Å². The Morgan fingerprint density at radius 1 is 0.281 bits per heavy atom. The SMILES string of the molecule is c1ccc(-c2nc(-c3cccc(-c4cc5ccc(-c6ccccc6-c6ccccc6)cc5c5ccccc45)c3)nc(-c3cccc4c3sc3ccccc34)n2)cc1. The standard InChI is InChI=1S/C53H33N3S/c1-3-15-34(16-4-1)40-21-7-8-22-41(40)37-29-30-38-33-47(42-23-9-10-24-43(42)48(38)32-37)36-19-13-20-39(31-36)52-54-51(35-17-5-2-6-18-35)55-53(56-52)46-27-14-26-45-44-25-11-12-28-49(44)57-50(45)46/h1-33H. The lowest BCUT2D eigenvalue weighted by Crippen LogP contribution is -2.00. The molecule has 2 heterocycles. The Bertz CT molecular complexity index is 3300. The van der Waals surface area contributed by atoms with E-state index < -0.39 is 0 Å². The first-order valence-electron chi connectivity index (χ1n) is 19.2. The van der Waals surface area contributed by atoms with Gasteiger partial charge in [0.15, 0.2) is 17.5 Å². The van der Waals surface area contributed by atoms with Crippen LogP contribution in [0.25, 0.3) is 109 Å². The van der Waals surface area contributed by atoms with Crippen molar-refractivity contribution in [3.05, 3.63) is 200 Å². The quantitative estimate of drug-likeness (QED) is 0.159. The van der Waals surface area contributed by atoms with E-state index in [1.807, 2.05) is 18.2 Å². The van der Waals surface area contributed by atoms with Crippen molar-refractivity contribution < 1.29 is 0 Å². The van der Waals surface area contributed by atoms with Crippen LogP contribution in [0.1, 0.15) is 0 Å². The molecule has 0 fully saturated rings. The molecule has 0 aliphatic carbocycles. The van der Waals surface area contributed by atoms with Gasteiger partial charge >= 0.3 is 0 Å². The summed E-state index contributed by atoms with van der Waals surface area (Å²) >= 11 is 1.79. The van der Waals surface area contributed by atoms with Gasteiger partial charge in [-0.15, -0.1) is 11.3 Å². The van der Waals surface area contributed by atoms with Crippen molar-refractivity contribution >= 4 is 53.1 Å². The third-order valence-electron chi connectivity index (χ3n) is 10.9. The average molecular weight is 744 g/mol. The summed E-state index contributed by atoms with van der Waals surface area (Å²) in [5.74, 6) is 1.97. The van der Waals surface area contributed by atoms with Gasteiger partial charge in [-0.05, 0) is 85.3 Å². The minimum absolute atomic E-state index is 0.644. The summed E-state index contributed by atoms with van der Waals surface area (Å²) in [6, 6.07) is 71.2. The smallest absolute Gasteiger partial charge is 0.165 e. The molecular formula is C53H33N3S. The van der Waals surface area contributed by atoms with E-state index >= 15 is 0 Å². The van der Waals surface area contributed by atoms with E-state index in [2.05, 4.69) is 182 Å². The number of rotatable bonds is 6. The Labute approximate surface area is 334 Å². The molecule has 0 aliphatic heterocycles. The fourth-order valence-corrected chi connectivity index (χ4v) is 9.41. The van der Waals surface area contributed by atoms with E-state index in [1.54, 1.807) is 11.3 Å². The molecule has 0 amide bonds. The highest BCUT2D eigenvalue weighted by Gasteiger charge is 2.18. The lowest BCUT2D eigenvalue weighted by atomic mass is 9.89. The molecule has 0 unspecified atom stereocenters. The van der Waals surface area contributed by atoms with Crippen LogP contribution in [-0.2, 0) is 0 Å². The van der Waals surface area contributed by atoms with Crippen molar-refractivity contribution in [2.75, 3.05) is 0 Å². The zero-order chi connectivity index (χ0) is 37.7. The molecule has 0 radical (unpaired) electrons. The number of benzene rings is 9. The highest BCUT2D eigenvalue weighted by Crippen LogP contribution is 2.42. The van der Waals surface area contributed by atoms with Crippen LogP contribution < -0.4 is 0 Å². The summed E-state index contributed by atoms with van der Waals surface area (Å²) in [5.41, 5.74) is 10.1. The molecular weight excluding hydrogens is 711 g/mol. The van der Waals surface area contributed by atoms with E-state index in [-0.39, 0.29) is 0 Å². The van der Waals surface area contributed by atoms with Gasteiger partial charge in [0.2, 0.25) is 0 Å². The van der Waals surface area contributed by atoms with Crippen molar-refractivity contribution in [1.82, 2.24) is 15.0 Å². The Balaban J connectivity index is 1.06. The molecule has 4 heteroatoms. The van der Waals surface area contributed by atoms with Gasteiger partial charge in [0.05, 0.1) is 0 Å². The number of hydrogen-bond donors (Lipinski definition) is 0. The van der Waals surface area contributed by atoms with Crippen LogP contribution in [0, 0.1) is 0 Å². The maximum absolute atomic E-state index is 5.22. The number of nitrogens with zero attached hydrogens (tertiary/aromatic N) is 3. The first-order chi connectivity index (χ1) is 28.2. The van der Waals surface area contributed by atoms with Crippen LogP contribution in [0.3, 0.4) is 0 Å². The largest absolute Gasteiger partial charge is 0.208 e. The molecule has 57 heavy (non-hydrogen) atoms. The van der Waals surface area contributed by atoms with Crippen molar-refractivity contribution in [2.24, 2.45) is 0 Å². The Morgan fingerprint density at radius 3 is 1.63 bits per heavy atom. The highest BCUT2D eigenvalue weighted by molar-refractivity contribution is 7.26. The normalized spacial score (nSPS) is 11.5. The van der Waals surface area contributed by atoms with Gasteiger partial charge < -0.3 is 0 Å². The third-order valence-corrected chi connectivity index (χ3v) is 12.1. The number of hydrogen-bond acceptors (Lipinski definition) is 4. The average Bonchev–Trinajstić information content (AvgIpc) is 3.68. The highest BCUT2D eigenvalue weighted by atomic mass is 32.1. The first kappa shape index (κ1) is 33.1. The maximum atomic E-state index is 5.22. The van der Waals surface area contributed by atoms with Crippen molar-refractivity contribution in [2.45, 2.75) is 0 Å². The molecule has 0 atom stereocenters. The van der Waals surface area contributed by atoms with Crippen LogP contribution in [0.4, 0.5) is 0 Å². The van der Waals surface area contributed by atoms with Crippen molar-refractivity contribution in [3.8, 4) is 67.5 Å². The van der Waals surface area contributed by atoms with Gasteiger partial charge in [0.25, 0.3) is 0 Å². The molecule has 2 aromatic heterocycles. The summed E-state index contributed by atoms with van der Waals surface area (Å²) in [7, 11) is 0. The molecule has 266 valence electrons. The van der Waals surface area contributed by atoms with Gasteiger partial charge in [-0.3, -0.25) is 0 Å². The molecule has 0 bridgehead atoms. The lowest BCUT2D eigenvalue weighted by molar-refractivity contribution is 1.08. The van der Waals surface area contributed by atoms with E-state index in [4.69, 9.17) is 15.0 Å². The molecule has 11 rings (SSSR count).